The zero-order valence-electron chi connectivity index (χ0n) is 3.96. The van der Waals surface area contributed by atoms with E-state index in [1.54, 1.807) is 6.92 Å². The molecule has 0 aliphatic rings. The van der Waals surface area contributed by atoms with E-state index in [1.807, 2.05) is 0 Å². The molecule has 0 aromatic heterocycles. The van der Waals surface area contributed by atoms with Gasteiger partial charge in [0.2, 0.25) is 0 Å². The van der Waals surface area contributed by atoms with Crippen LogP contribution in [0.25, 0.3) is 0 Å². The van der Waals surface area contributed by atoms with Gasteiger partial charge in [-0.25, -0.2) is 0 Å². The van der Waals surface area contributed by atoms with Crippen molar-refractivity contribution in [1.82, 2.24) is 0 Å². The van der Waals surface area contributed by atoms with E-state index < -0.39 is 9.17 Å². The molecule has 0 unspecified atom stereocenters. The zero-order valence-corrected chi connectivity index (χ0v) is 4.96. The molecule has 0 aliphatic heterocycles. The number of aliphatic hydroxyl groups excluding tert-OH is 1. The highest BCUT2D eigenvalue weighted by atomic mass is 28.3. The van der Waals surface area contributed by atoms with Gasteiger partial charge in [0.1, 0.15) is 0 Å². The molecule has 0 saturated heterocycles. The van der Waals surface area contributed by atoms with Gasteiger partial charge in [0.05, 0.1) is 0 Å². The monoisotopic (exact) mass is 124 g/mol. The number of hydrogen-bond acceptors (Lipinski definition) is 2. The maximum atomic E-state index is 8.74. The SMILES string of the molecule is CCO.O=[Si](O)O. The lowest BCUT2D eigenvalue weighted by Crippen LogP contribution is -1.90. The topological polar surface area (TPSA) is 77.8 Å². The molecule has 0 bridgehead atoms. The second kappa shape index (κ2) is 9.13. The molecule has 0 amide bonds. The first kappa shape index (κ1) is 9.76. The van der Waals surface area contributed by atoms with Crippen LogP contribution in [-0.2, 0) is 4.46 Å². The highest BCUT2D eigenvalue weighted by Gasteiger charge is 1.85. The van der Waals surface area contributed by atoms with E-state index >= 15 is 0 Å². The van der Waals surface area contributed by atoms with E-state index in [0.717, 1.165) is 0 Å². The van der Waals surface area contributed by atoms with Crippen molar-refractivity contribution in [2.45, 2.75) is 6.92 Å². The van der Waals surface area contributed by atoms with E-state index in [9.17, 15) is 0 Å². The van der Waals surface area contributed by atoms with Gasteiger partial charge in [-0.05, 0) is 6.92 Å². The van der Waals surface area contributed by atoms with E-state index in [0.29, 0.717) is 0 Å². The standard InChI is InChI=1S/C2H6O.H2O3Si/c1-2-3;1-4(2)3/h3H,2H2,1H3;1-2H. The lowest BCUT2D eigenvalue weighted by Gasteiger charge is -1.55. The summed E-state index contributed by atoms with van der Waals surface area (Å²) in [5, 5.41) is 7.57. The van der Waals surface area contributed by atoms with Crippen molar-refractivity contribution in [2.24, 2.45) is 0 Å². The Morgan fingerprint density at radius 3 is 1.57 bits per heavy atom. The lowest BCUT2D eigenvalue weighted by molar-refractivity contribution is 0.318. The first-order valence-electron chi connectivity index (χ1n) is 1.67. The van der Waals surface area contributed by atoms with Crippen molar-refractivity contribution in [2.75, 3.05) is 6.61 Å². The van der Waals surface area contributed by atoms with Gasteiger partial charge in [-0.15, -0.1) is 0 Å². The van der Waals surface area contributed by atoms with E-state index in [2.05, 4.69) is 0 Å². The molecule has 44 valence electrons. The Balaban J connectivity index is 0. The van der Waals surface area contributed by atoms with Gasteiger partial charge in [0.15, 0.2) is 0 Å². The average Bonchev–Trinajstić information content (AvgIpc) is 1.33. The van der Waals surface area contributed by atoms with Gasteiger partial charge < -0.3 is 14.7 Å². The summed E-state index contributed by atoms with van der Waals surface area (Å²) in [7, 11) is -3.13. The minimum absolute atomic E-state index is 0.250. The third-order valence-corrected chi connectivity index (χ3v) is 0. The van der Waals surface area contributed by atoms with Crippen molar-refractivity contribution in [3.05, 3.63) is 0 Å². The maximum Gasteiger partial charge on any atom is 0.761 e. The molecule has 0 radical (unpaired) electrons. The van der Waals surface area contributed by atoms with Crippen LogP contribution in [0.15, 0.2) is 0 Å². The fourth-order valence-corrected chi connectivity index (χ4v) is 0. The molecular formula is C2H8O4Si. The Labute approximate surface area is 42.9 Å². The normalized spacial score (nSPS) is 6.00. The van der Waals surface area contributed by atoms with Crippen LogP contribution < -0.4 is 0 Å². The second-order valence-electron chi connectivity index (χ2n) is 0.599. The van der Waals surface area contributed by atoms with Crippen molar-refractivity contribution >= 4 is 9.17 Å². The molecule has 0 spiro atoms. The quantitative estimate of drug-likeness (QED) is 0.339. The first-order chi connectivity index (χ1) is 3.15. The number of aliphatic hydroxyl groups is 1. The average molecular weight is 124 g/mol. The summed E-state index contributed by atoms with van der Waals surface area (Å²) >= 11 is 0. The molecule has 0 aromatic carbocycles. The molecule has 0 fully saturated rings. The van der Waals surface area contributed by atoms with Crippen molar-refractivity contribution < 1.29 is 19.2 Å². The van der Waals surface area contributed by atoms with Crippen LogP contribution in [0.1, 0.15) is 6.92 Å². The molecule has 0 aliphatic carbocycles. The third-order valence-electron chi connectivity index (χ3n) is 0. The molecule has 0 heterocycles. The predicted octanol–water partition coefficient (Wildman–Crippen LogP) is -1.61. The Kier molecular flexibility index (Phi) is 12.7. The Hall–Kier alpha value is -0.423. The first-order valence-corrected chi connectivity index (χ1v) is 2.98. The van der Waals surface area contributed by atoms with Crippen LogP contribution in [0, 0.1) is 0 Å². The zero-order chi connectivity index (χ0) is 6.28. The summed E-state index contributed by atoms with van der Waals surface area (Å²) in [5.74, 6) is 0. The minimum Gasteiger partial charge on any atom is -0.511 e. The summed E-state index contributed by atoms with van der Waals surface area (Å²) in [5.41, 5.74) is 0. The molecule has 0 aromatic rings. The Morgan fingerprint density at radius 2 is 1.57 bits per heavy atom. The largest absolute Gasteiger partial charge is 0.761 e. The van der Waals surface area contributed by atoms with Crippen LogP contribution in [0.4, 0.5) is 0 Å². The van der Waals surface area contributed by atoms with E-state index in [1.165, 1.54) is 0 Å². The summed E-state index contributed by atoms with van der Waals surface area (Å²) in [6.45, 7) is 1.93. The van der Waals surface area contributed by atoms with Gasteiger partial charge in [0.25, 0.3) is 0 Å². The number of rotatable bonds is 0. The highest BCUT2D eigenvalue weighted by Crippen LogP contribution is 1.30. The molecule has 0 atom stereocenters. The van der Waals surface area contributed by atoms with Gasteiger partial charge >= 0.3 is 9.17 Å². The van der Waals surface area contributed by atoms with Crippen molar-refractivity contribution in [3.63, 3.8) is 0 Å². The van der Waals surface area contributed by atoms with Gasteiger partial charge in [-0.3, -0.25) is 4.46 Å². The Bertz CT molecular complexity index is 41.0. The van der Waals surface area contributed by atoms with Gasteiger partial charge in [-0.1, -0.05) is 0 Å². The fourth-order valence-electron chi connectivity index (χ4n) is 0. The van der Waals surface area contributed by atoms with Gasteiger partial charge in [0, 0.05) is 6.61 Å². The number of hydrogen-bond donors (Lipinski definition) is 3. The van der Waals surface area contributed by atoms with Crippen LogP contribution in [0.2, 0.25) is 0 Å². The smallest absolute Gasteiger partial charge is 0.511 e. The Morgan fingerprint density at radius 1 is 1.57 bits per heavy atom. The summed E-state index contributed by atoms with van der Waals surface area (Å²) in [6.07, 6.45) is 0. The van der Waals surface area contributed by atoms with Crippen LogP contribution in [0.5, 0.6) is 0 Å². The third kappa shape index (κ3) is 399. The van der Waals surface area contributed by atoms with Crippen molar-refractivity contribution in [1.29, 1.82) is 0 Å². The molecule has 3 N–H and O–H groups in total. The molecule has 0 saturated carbocycles. The van der Waals surface area contributed by atoms with E-state index in [4.69, 9.17) is 19.2 Å². The van der Waals surface area contributed by atoms with Gasteiger partial charge in [-0.2, -0.15) is 0 Å². The summed E-state index contributed by atoms with van der Waals surface area (Å²) in [6, 6.07) is 0. The van der Waals surface area contributed by atoms with Crippen molar-refractivity contribution in [3.8, 4) is 0 Å². The van der Waals surface area contributed by atoms with Crippen LogP contribution in [-0.4, -0.2) is 30.5 Å². The molecule has 7 heavy (non-hydrogen) atoms. The summed E-state index contributed by atoms with van der Waals surface area (Å²) in [4.78, 5) is 14.3. The molecule has 5 heteroatoms. The van der Waals surface area contributed by atoms with Crippen LogP contribution in [0.3, 0.4) is 0 Å². The van der Waals surface area contributed by atoms with Crippen LogP contribution >= 0.6 is 0 Å². The maximum absolute atomic E-state index is 8.74. The predicted molar refractivity (Wildman–Crippen MR) is 23.6 cm³/mol. The minimum atomic E-state index is -3.13. The summed E-state index contributed by atoms with van der Waals surface area (Å²) < 4.78 is 8.74. The van der Waals surface area contributed by atoms with E-state index in [-0.39, 0.29) is 6.61 Å². The molecule has 0 rings (SSSR count). The second-order valence-corrected chi connectivity index (χ2v) is 1.16. The molecular weight excluding hydrogens is 116 g/mol. The highest BCUT2D eigenvalue weighted by molar-refractivity contribution is 6.22. The lowest BCUT2D eigenvalue weighted by atomic mass is 10.9. The molecule has 4 nitrogen and oxygen atoms in total. The fraction of sp³-hybridized carbons (Fsp3) is 1.00.